The van der Waals surface area contributed by atoms with Crippen LogP contribution in [-0.2, 0) is 0 Å². The van der Waals surface area contributed by atoms with E-state index in [2.05, 4.69) is 32.4 Å². The third-order valence-electron chi connectivity index (χ3n) is 4.38. The van der Waals surface area contributed by atoms with Crippen LogP contribution in [0.3, 0.4) is 0 Å². The normalized spacial score (nSPS) is 15.1. The maximum absolute atomic E-state index is 12.1. The Morgan fingerprint density at radius 2 is 1.93 bits per heavy atom. The van der Waals surface area contributed by atoms with Gasteiger partial charge >= 0.3 is 0 Å². The van der Waals surface area contributed by atoms with E-state index in [0.29, 0.717) is 11.1 Å². The number of non-ortho nitro benzene ring substituents is 1. The van der Waals surface area contributed by atoms with E-state index >= 15 is 0 Å². The fourth-order valence-electron chi connectivity index (χ4n) is 2.82. The summed E-state index contributed by atoms with van der Waals surface area (Å²) in [6.45, 7) is 3.45. The molecule has 1 N–H and O–H groups in total. The van der Waals surface area contributed by atoms with E-state index in [9.17, 15) is 14.9 Å². The minimum atomic E-state index is -0.444. The average Bonchev–Trinajstić information content (AvgIpc) is 2.69. The van der Waals surface area contributed by atoms with Crippen LogP contribution in [-0.4, -0.2) is 60.2 Å². The van der Waals surface area contributed by atoms with Gasteiger partial charge in [-0.3, -0.25) is 19.9 Å². The molecule has 1 aromatic heterocycles. The number of amides is 1. The first-order valence-corrected chi connectivity index (χ1v) is 8.50. The predicted octanol–water partition coefficient (Wildman–Crippen LogP) is 1.51. The summed E-state index contributed by atoms with van der Waals surface area (Å²) in [5, 5.41) is 15.1. The SMILES string of the molecule is CN1CCN(c2ccc([N+](=O)[O-])cc2C=NNC(=O)c2ccncc2)CC1. The Balaban J connectivity index is 1.80. The Kier molecular flexibility index (Phi) is 5.72. The molecule has 0 radical (unpaired) electrons. The number of likely N-dealkylation sites (N-methyl/N-ethyl adjacent to an activating group) is 1. The third-order valence-corrected chi connectivity index (χ3v) is 4.38. The Labute approximate surface area is 156 Å². The van der Waals surface area contributed by atoms with Crippen molar-refractivity contribution in [2.24, 2.45) is 5.10 Å². The third kappa shape index (κ3) is 4.64. The lowest BCUT2D eigenvalue weighted by Crippen LogP contribution is -2.44. The van der Waals surface area contributed by atoms with Crippen LogP contribution in [0.25, 0.3) is 0 Å². The van der Waals surface area contributed by atoms with E-state index in [-0.39, 0.29) is 11.6 Å². The number of carbonyl (C=O) groups excluding carboxylic acids is 1. The molecule has 0 unspecified atom stereocenters. The van der Waals surface area contributed by atoms with Crippen LogP contribution in [0.5, 0.6) is 0 Å². The number of hydrogen-bond acceptors (Lipinski definition) is 7. The van der Waals surface area contributed by atoms with Crippen molar-refractivity contribution in [3.63, 3.8) is 0 Å². The second-order valence-electron chi connectivity index (χ2n) is 6.23. The molecule has 1 aliphatic rings. The lowest BCUT2D eigenvalue weighted by Gasteiger charge is -2.34. The van der Waals surface area contributed by atoms with Crippen molar-refractivity contribution in [3.8, 4) is 0 Å². The van der Waals surface area contributed by atoms with Gasteiger partial charge in [0.05, 0.1) is 11.1 Å². The number of benzene rings is 1. The largest absolute Gasteiger partial charge is 0.368 e. The average molecular weight is 368 g/mol. The molecule has 9 nitrogen and oxygen atoms in total. The Bertz CT molecular complexity index is 847. The molecule has 1 amide bonds. The van der Waals surface area contributed by atoms with Crippen molar-refractivity contribution < 1.29 is 9.72 Å². The van der Waals surface area contributed by atoms with Crippen LogP contribution < -0.4 is 10.3 Å². The summed E-state index contributed by atoms with van der Waals surface area (Å²) in [6.07, 6.45) is 4.48. The lowest BCUT2D eigenvalue weighted by atomic mass is 10.1. The summed E-state index contributed by atoms with van der Waals surface area (Å²) >= 11 is 0. The highest BCUT2D eigenvalue weighted by molar-refractivity contribution is 5.95. The van der Waals surface area contributed by atoms with Gasteiger partial charge in [-0.25, -0.2) is 5.43 Å². The maximum Gasteiger partial charge on any atom is 0.271 e. The minimum absolute atomic E-state index is 0.0187. The minimum Gasteiger partial charge on any atom is -0.368 e. The van der Waals surface area contributed by atoms with Crippen molar-refractivity contribution in [2.75, 3.05) is 38.1 Å². The first kappa shape index (κ1) is 18.5. The van der Waals surface area contributed by atoms with Crippen LogP contribution in [0, 0.1) is 10.1 Å². The van der Waals surface area contributed by atoms with Crippen LogP contribution in [0.2, 0.25) is 0 Å². The molecular formula is C18H20N6O3. The maximum atomic E-state index is 12.1. The highest BCUT2D eigenvalue weighted by Gasteiger charge is 2.18. The number of pyridine rings is 1. The van der Waals surface area contributed by atoms with E-state index in [4.69, 9.17) is 0 Å². The van der Waals surface area contributed by atoms with Crippen molar-refractivity contribution in [3.05, 3.63) is 64.0 Å². The van der Waals surface area contributed by atoms with E-state index in [1.165, 1.54) is 30.7 Å². The number of aromatic nitrogens is 1. The molecule has 0 spiro atoms. The Hall–Kier alpha value is -3.33. The number of nitro benzene ring substituents is 1. The summed E-state index contributed by atoms with van der Waals surface area (Å²) in [7, 11) is 2.06. The molecule has 2 heterocycles. The predicted molar refractivity (Wildman–Crippen MR) is 102 cm³/mol. The monoisotopic (exact) mass is 368 g/mol. The quantitative estimate of drug-likeness (QED) is 0.487. The van der Waals surface area contributed by atoms with Gasteiger partial charge in [0.2, 0.25) is 0 Å². The lowest BCUT2D eigenvalue weighted by molar-refractivity contribution is -0.384. The number of hydrazone groups is 1. The summed E-state index contributed by atoms with van der Waals surface area (Å²) in [4.78, 5) is 31.0. The molecule has 3 rings (SSSR count). The number of nitrogens with zero attached hydrogens (tertiary/aromatic N) is 5. The van der Waals surface area contributed by atoms with Gasteiger partial charge in [0.1, 0.15) is 0 Å². The molecule has 0 aliphatic carbocycles. The number of anilines is 1. The van der Waals surface area contributed by atoms with Crippen molar-refractivity contribution in [1.29, 1.82) is 0 Å². The number of rotatable bonds is 5. The van der Waals surface area contributed by atoms with Crippen LogP contribution in [0.1, 0.15) is 15.9 Å². The first-order chi connectivity index (χ1) is 13.0. The van der Waals surface area contributed by atoms with Crippen LogP contribution in [0.15, 0.2) is 47.8 Å². The Morgan fingerprint density at radius 1 is 1.22 bits per heavy atom. The molecular weight excluding hydrogens is 348 g/mol. The highest BCUT2D eigenvalue weighted by Crippen LogP contribution is 2.25. The molecule has 27 heavy (non-hydrogen) atoms. The van der Waals surface area contributed by atoms with Gasteiger partial charge < -0.3 is 9.80 Å². The molecule has 1 aromatic carbocycles. The van der Waals surface area contributed by atoms with Gasteiger partial charge in [0, 0.05) is 67.5 Å². The second-order valence-corrected chi connectivity index (χ2v) is 6.23. The molecule has 0 saturated carbocycles. The van der Waals surface area contributed by atoms with E-state index in [0.717, 1.165) is 31.9 Å². The molecule has 1 saturated heterocycles. The van der Waals surface area contributed by atoms with E-state index in [1.807, 2.05) is 0 Å². The van der Waals surface area contributed by atoms with E-state index in [1.54, 1.807) is 18.2 Å². The zero-order chi connectivity index (χ0) is 19.2. The first-order valence-electron chi connectivity index (χ1n) is 8.50. The summed E-state index contributed by atoms with van der Waals surface area (Å²) in [5.74, 6) is -0.375. The zero-order valence-electron chi connectivity index (χ0n) is 14.9. The van der Waals surface area contributed by atoms with E-state index < -0.39 is 4.92 Å². The Morgan fingerprint density at radius 3 is 2.59 bits per heavy atom. The van der Waals surface area contributed by atoms with Gasteiger partial charge in [-0.1, -0.05) is 0 Å². The number of nitro groups is 1. The summed E-state index contributed by atoms with van der Waals surface area (Å²) < 4.78 is 0. The smallest absolute Gasteiger partial charge is 0.271 e. The fourth-order valence-corrected chi connectivity index (χ4v) is 2.82. The topological polar surface area (TPSA) is 104 Å². The molecule has 0 bridgehead atoms. The van der Waals surface area contributed by atoms with Crippen LogP contribution in [0.4, 0.5) is 11.4 Å². The molecule has 9 heteroatoms. The van der Waals surface area contributed by atoms with Crippen molar-refractivity contribution in [2.45, 2.75) is 0 Å². The van der Waals surface area contributed by atoms with Crippen LogP contribution >= 0.6 is 0 Å². The van der Waals surface area contributed by atoms with Crippen molar-refractivity contribution >= 4 is 23.5 Å². The fraction of sp³-hybridized carbons (Fsp3) is 0.278. The zero-order valence-corrected chi connectivity index (χ0v) is 14.9. The number of hydrogen-bond donors (Lipinski definition) is 1. The number of nitrogens with one attached hydrogen (secondary N) is 1. The number of carbonyl (C=O) groups is 1. The van der Waals surface area contributed by atoms with Gasteiger partial charge in [0.15, 0.2) is 0 Å². The summed E-state index contributed by atoms with van der Waals surface area (Å²) in [5.41, 5.74) is 4.30. The molecule has 140 valence electrons. The standard InChI is InChI=1S/C18H20N6O3/c1-22-8-10-23(11-9-22)17-3-2-16(24(26)27)12-15(17)13-20-21-18(25)14-4-6-19-7-5-14/h2-7,12-13H,8-11H2,1H3,(H,21,25). The highest BCUT2D eigenvalue weighted by atomic mass is 16.6. The van der Waals surface area contributed by atoms with Gasteiger partial charge in [-0.2, -0.15) is 5.10 Å². The van der Waals surface area contributed by atoms with Crippen molar-refractivity contribution in [1.82, 2.24) is 15.3 Å². The van der Waals surface area contributed by atoms with Gasteiger partial charge in [-0.05, 0) is 25.2 Å². The molecule has 0 atom stereocenters. The second kappa shape index (κ2) is 8.37. The molecule has 1 aliphatic heterocycles. The van der Waals surface area contributed by atoms with Gasteiger partial charge in [0.25, 0.3) is 11.6 Å². The number of piperazine rings is 1. The molecule has 2 aromatic rings. The summed E-state index contributed by atoms with van der Waals surface area (Å²) in [6, 6.07) is 7.84. The van der Waals surface area contributed by atoms with Gasteiger partial charge in [-0.15, -0.1) is 0 Å². The molecule has 1 fully saturated rings.